The largest absolute Gasteiger partial charge is 0.396 e. The molecular weight excluding hydrogens is 250 g/mol. The lowest BCUT2D eigenvalue weighted by Gasteiger charge is -2.10. The molecule has 0 aliphatic carbocycles. The molecule has 0 unspecified atom stereocenters. The van der Waals surface area contributed by atoms with Gasteiger partial charge in [0, 0.05) is 6.54 Å². The van der Waals surface area contributed by atoms with E-state index in [-0.39, 0.29) is 12.3 Å². The zero-order valence-corrected chi connectivity index (χ0v) is 10.4. The summed E-state index contributed by atoms with van der Waals surface area (Å²) < 4.78 is 24.5. The molecule has 0 fully saturated rings. The molecule has 0 aliphatic heterocycles. The van der Waals surface area contributed by atoms with Gasteiger partial charge in [0.2, 0.25) is 10.0 Å². The van der Waals surface area contributed by atoms with Crippen molar-refractivity contribution in [3.05, 3.63) is 23.2 Å². The van der Waals surface area contributed by atoms with E-state index in [9.17, 15) is 8.42 Å². The Bertz CT molecular complexity index is 462. The Morgan fingerprint density at radius 2 is 2.12 bits per heavy atom. The molecule has 0 radical (unpaired) electrons. The van der Waals surface area contributed by atoms with Crippen LogP contribution in [0.4, 0.5) is 11.4 Å². The van der Waals surface area contributed by atoms with Gasteiger partial charge in [-0.2, -0.15) is 0 Å². The van der Waals surface area contributed by atoms with E-state index in [4.69, 9.17) is 17.3 Å². The van der Waals surface area contributed by atoms with Crippen LogP contribution in [0.25, 0.3) is 0 Å². The summed E-state index contributed by atoms with van der Waals surface area (Å²) in [6.07, 6.45) is 0. The zero-order valence-electron chi connectivity index (χ0n) is 8.83. The molecule has 0 bridgehead atoms. The third-order valence-electron chi connectivity index (χ3n) is 2.05. The molecule has 0 atom stereocenters. The van der Waals surface area contributed by atoms with Crippen LogP contribution in [0.1, 0.15) is 0 Å². The molecule has 0 amide bonds. The number of halogens is 1. The molecule has 1 aromatic carbocycles. The molecule has 16 heavy (non-hydrogen) atoms. The third-order valence-corrected chi connectivity index (χ3v) is 3.74. The van der Waals surface area contributed by atoms with Crippen molar-refractivity contribution >= 4 is 33.0 Å². The quantitative estimate of drug-likeness (QED) is 0.689. The van der Waals surface area contributed by atoms with Gasteiger partial charge in [-0.25, -0.2) is 13.1 Å². The maximum absolute atomic E-state index is 11.1. The first kappa shape index (κ1) is 13.1. The van der Waals surface area contributed by atoms with Gasteiger partial charge in [0.1, 0.15) is 0 Å². The maximum Gasteiger partial charge on any atom is 0.213 e. The second-order valence-corrected chi connectivity index (χ2v) is 5.60. The number of nitrogens with one attached hydrogen (secondary N) is 2. The summed E-state index contributed by atoms with van der Waals surface area (Å²) in [7, 11) is -1.82. The van der Waals surface area contributed by atoms with Crippen molar-refractivity contribution in [2.45, 2.75) is 0 Å². The van der Waals surface area contributed by atoms with Crippen molar-refractivity contribution in [3.8, 4) is 0 Å². The summed E-state index contributed by atoms with van der Waals surface area (Å²) in [4.78, 5) is 0. The fraction of sp³-hybridized carbons (Fsp3) is 0.333. The second kappa shape index (κ2) is 5.38. The number of para-hydroxylation sites is 1. The summed E-state index contributed by atoms with van der Waals surface area (Å²) in [5, 5.41) is 3.36. The molecule has 5 nitrogen and oxygen atoms in total. The highest BCUT2D eigenvalue weighted by atomic mass is 35.5. The number of rotatable bonds is 5. The van der Waals surface area contributed by atoms with Gasteiger partial charge < -0.3 is 11.1 Å². The Morgan fingerprint density at radius 3 is 2.75 bits per heavy atom. The van der Waals surface area contributed by atoms with E-state index in [1.165, 1.54) is 7.05 Å². The maximum atomic E-state index is 11.1. The summed E-state index contributed by atoms with van der Waals surface area (Å²) in [6.45, 7) is 0.272. The van der Waals surface area contributed by atoms with Gasteiger partial charge in [0.15, 0.2) is 0 Å². The molecular formula is C9H14ClN3O2S. The van der Waals surface area contributed by atoms with E-state index in [2.05, 4.69) is 10.0 Å². The predicted octanol–water partition coefficient (Wildman–Crippen LogP) is 0.883. The second-order valence-electron chi connectivity index (χ2n) is 3.15. The highest BCUT2D eigenvalue weighted by Gasteiger charge is 2.07. The van der Waals surface area contributed by atoms with Crippen LogP contribution in [0.5, 0.6) is 0 Å². The van der Waals surface area contributed by atoms with Crippen LogP contribution < -0.4 is 15.8 Å². The van der Waals surface area contributed by atoms with E-state index in [0.717, 1.165) is 0 Å². The van der Waals surface area contributed by atoms with Crippen molar-refractivity contribution < 1.29 is 8.42 Å². The van der Waals surface area contributed by atoms with Gasteiger partial charge in [-0.15, -0.1) is 0 Å². The smallest absolute Gasteiger partial charge is 0.213 e. The first-order valence-corrected chi connectivity index (χ1v) is 6.68. The predicted molar refractivity (Wildman–Crippen MR) is 67.2 cm³/mol. The molecule has 0 saturated carbocycles. The first-order valence-electron chi connectivity index (χ1n) is 4.65. The van der Waals surface area contributed by atoms with E-state index in [0.29, 0.717) is 16.4 Å². The fourth-order valence-electron chi connectivity index (χ4n) is 1.11. The minimum Gasteiger partial charge on any atom is -0.396 e. The lowest BCUT2D eigenvalue weighted by Crippen LogP contribution is -2.26. The Hall–Kier alpha value is -0.980. The van der Waals surface area contributed by atoms with Crippen LogP contribution in [0.3, 0.4) is 0 Å². The molecule has 0 aliphatic rings. The fourth-order valence-corrected chi connectivity index (χ4v) is 1.86. The molecule has 0 spiro atoms. The van der Waals surface area contributed by atoms with Crippen molar-refractivity contribution in [2.75, 3.05) is 30.4 Å². The monoisotopic (exact) mass is 263 g/mol. The molecule has 0 saturated heterocycles. The number of benzene rings is 1. The number of hydrogen-bond acceptors (Lipinski definition) is 4. The third kappa shape index (κ3) is 3.55. The minimum atomic E-state index is -3.20. The van der Waals surface area contributed by atoms with Crippen LogP contribution in [-0.4, -0.2) is 27.8 Å². The van der Waals surface area contributed by atoms with Crippen LogP contribution >= 0.6 is 11.6 Å². The van der Waals surface area contributed by atoms with E-state index in [1.807, 2.05) is 0 Å². The Morgan fingerprint density at radius 1 is 1.44 bits per heavy atom. The van der Waals surface area contributed by atoms with Gasteiger partial charge >= 0.3 is 0 Å². The summed E-state index contributed by atoms with van der Waals surface area (Å²) in [5.41, 5.74) is 6.77. The average Bonchev–Trinajstić information content (AvgIpc) is 2.24. The normalized spacial score (nSPS) is 11.4. The molecule has 90 valence electrons. The topological polar surface area (TPSA) is 84.2 Å². The van der Waals surface area contributed by atoms with Gasteiger partial charge in [0.05, 0.1) is 22.2 Å². The Balaban J connectivity index is 2.59. The molecule has 7 heteroatoms. The number of hydrogen-bond donors (Lipinski definition) is 3. The molecule has 1 aromatic rings. The van der Waals surface area contributed by atoms with Crippen molar-refractivity contribution in [1.29, 1.82) is 0 Å². The average molecular weight is 264 g/mol. The van der Waals surface area contributed by atoms with Crippen molar-refractivity contribution in [1.82, 2.24) is 4.72 Å². The summed E-state index contributed by atoms with van der Waals surface area (Å²) in [5.74, 6) is -0.0184. The molecule has 1 rings (SSSR count). The lowest BCUT2D eigenvalue weighted by molar-refractivity contribution is 0.588. The highest BCUT2D eigenvalue weighted by Crippen LogP contribution is 2.26. The number of sulfonamides is 1. The van der Waals surface area contributed by atoms with Crippen LogP contribution in [-0.2, 0) is 10.0 Å². The van der Waals surface area contributed by atoms with Gasteiger partial charge in [-0.3, -0.25) is 0 Å². The Kier molecular flexibility index (Phi) is 4.40. The number of anilines is 2. The van der Waals surface area contributed by atoms with E-state index >= 15 is 0 Å². The van der Waals surface area contributed by atoms with Crippen LogP contribution in [0, 0.1) is 0 Å². The van der Waals surface area contributed by atoms with Gasteiger partial charge in [0.25, 0.3) is 0 Å². The first-order chi connectivity index (χ1) is 7.46. The minimum absolute atomic E-state index is 0.0184. The number of nitrogens with two attached hydrogens (primary N) is 1. The van der Waals surface area contributed by atoms with E-state index in [1.54, 1.807) is 18.2 Å². The lowest BCUT2D eigenvalue weighted by atomic mass is 10.2. The van der Waals surface area contributed by atoms with Crippen LogP contribution in [0.15, 0.2) is 18.2 Å². The molecule has 0 heterocycles. The van der Waals surface area contributed by atoms with Crippen LogP contribution in [0.2, 0.25) is 5.02 Å². The SMILES string of the molecule is CNS(=O)(=O)CCNc1cccc(Cl)c1N. The summed E-state index contributed by atoms with van der Waals surface area (Å²) in [6, 6.07) is 5.16. The van der Waals surface area contributed by atoms with Gasteiger partial charge in [-0.05, 0) is 19.2 Å². The number of nitrogen functional groups attached to an aromatic ring is 1. The van der Waals surface area contributed by atoms with E-state index < -0.39 is 10.0 Å². The highest BCUT2D eigenvalue weighted by molar-refractivity contribution is 7.89. The Labute approximate surface area is 100 Å². The standard InChI is InChI=1S/C9H14ClN3O2S/c1-12-16(14,15)6-5-13-8-4-2-3-7(10)9(8)11/h2-4,12-13H,5-6,11H2,1H3. The van der Waals surface area contributed by atoms with Gasteiger partial charge in [-0.1, -0.05) is 17.7 Å². The zero-order chi connectivity index (χ0) is 12.2. The molecule has 4 N–H and O–H groups in total. The summed E-state index contributed by atoms with van der Waals surface area (Å²) >= 11 is 5.81. The van der Waals surface area contributed by atoms with Crippen molar-refractivity contribution in [2.24, 2.45) is 0 Å². The van der Waals surface area contributed by atoms with Crippen molar-refractivity contribution in [3.63, 3.8) is 0 Å². The molecule has 0 aromatic heterocycles.